The Morgan fingerprint density at radius 1 is 1.39 bits per heavy atom. The number of amides is 1. The van der Waals surface area contributed by atoms with Crippen molar-refractivity contribution in [3.05, 3.63) is 64.9 Å². The van der Waals surface area contributed by atoms with Crippen molar-refractivity contribution in [1.29, 1.82) is 5.26 Å². The van der Waals surface area contributed by atoms with Gasteiger partial charge in [-0.2, -0.15) is 5.26 Å². The molecular formula is C22H17FN6O2S2. The van der Waals surface area contributed by atoms with Crippen molar-refractivity contribution >= 4 is 45.6 Å². The zero-order valence-corrected chi connectivity index (χ0v) is 18.9. The molecule has 11 heteroatoms. The van der Waals surface area contributed by atoms with Crippen LogP contribution in [-0.4, -0.2) is 27.6 Å². The van der Waals surface area contributed by atoms with E-state index in [2.05, 4.69) is 28.2 Å². The number of hydrogen-bond donors (Lipinski definition) is 2. The van der Waals surface area contributed by atoms with E-state index in [1.807, 2.05) is 0 Å². The summed E-state index contributed by atoms with van der Waals surface area (Å²) in [7, 11) is 0. The molecule has 0 saturated carbocycles. The first-order valence-corrected chi connectivity index (χ1v) is 11.9. The summed E-state index contributed by atoms with van der Waals surface area (Å²) < 4.78 is 15.0. The van der Waals surface area contributed by atoms with Gasteiger partial charge in [0.25, 0.3) is 0 Å². The van der Waals surface area contributed by atoms with Crippen molar-refractivity contribution in [3.8, 4) is 6.07 Å². The Balaban J connectivity index is 1.79. The Morgan fingerprint density at radius 3 is 2.97 bits per heavy atom. The number of thioether (sulfide) groups is 1. The first-order chi connectivity index (χ1) is 15.9. The number of carbonyl (C=O) groups excluding carboxylic acids is 2. The number of nitrogens with two attached hydrogens (primary N) is 1. The Kier molecular flexibility index (Phi) is 5.07. The first kappa shape index (κ1) is 21.4. The maximum absolute atomic E-state index is 14.3. The minimum Gasteiger partial charge on any atom is -0.384 e. The summed E-state index contributed by atoms with van der Waals surface area (Å²) in [6.45, 7) is 3.69. The molecule has 1 spiro atoms. The molecule has 1 aromatic carbocycles. The standard InChI is InChI=1S/C22H17FN6O2S2/c1-2-8-32-21-28-27-20(33-21)29-15-4-3-5-16(30)17(15)22(13(10-24)18(29)25)12-9-11(23)6-7-14(12)26-19(22)31/h2,6-7,9H,1,3-5,8,25H2,(H,26,31). The summed E-state index contributed by atoms with van der Waals surface area (Å²) in [6, 6.07) is 5.89. The van der Waals surface area contributed by atoms with Crippen LogP contribution in [0.1, 0.15) is 24.8 Å². The fourth-order valence-corrected chi connectivity index (χ4v) is 6.30. The summed E-state index contributed by atoms with van der Waals surface area (Å²) >= 11 is 2.71. The molecule has 3 aliphatic rings. The highest BCUT2D eigenvalue weighted by Gasteiger charge is 2.60. The lowest BCUT2D eigenvalue weighted by atomic mass is 9.64. The van der Waals surface area contributed by atoms with Crippen LogP contribution in [0.25, 0.3) is 0 Å². The van der Waals surface area contributed by atoms with Gasteiger partial charge in [-0.15, -0.1) is 16.8 Å². The van der Waals surface area contributed by atoms with Gasteiger partial charge >= 0.3 is 0 Å². The van der Waals surface area contributed by atoms with E-state index in [-0.39, 0.29) is 34.7 Å². The van der Waals surface area contributed by atoms with Crippen molar-refractivity contribution in [3.63, 3.8) is 0 Å². The number of halogens is 1. The number of nitrogens with one attached hydrogen (secondary N) is 1. The van der Waals surface area contributed by atoms with E-state index < -0.39 is 17.1 Å². The Bertz CT molecular complexity index is 1340. The minimum atomic E-state index is -1.80. The van der Waals surface area contributed by atoms with Gasteiger partial charge in [-0.25, -0.2) is 4.39 Å². The molecule has 2 aromatic rings. The topological polar surface area (TPSA) is 125 Å². The van der Waals surface area contributed by atoms with E-state index in [0.717, 1.165) is 0 Å². The van der Waals surface area contributed by atoms with Crippen LogP contribution in [0.2, 0.25) is 0 Å². The van der Waals surface area contributed by atoms with Crippen LogP contribution in [0.3, 0.4) is 0 Å². The normalized spacial score (nSPS) is 21.8. The van der Waals surface area contributed by atoms with E-state index in [1.165, 1.54) is 41.3 Å². The SMILES string of the molecule is C=CCSc1nnc(N2C(N)=C(C#N)C3(C(=O)Nc4ccc(F)cc43)C3=C2CCCC3=O)s1. The molecule has 0 saturated heterocycles. The van der Waals surface area contributed by atoms with Gasteiger partial charge in [-0.1, -0.05) is 29.2 Å². The average molecular weight is 481 g/mol. The number of fused-ring (bicyclic) bond motifs is 3. The first-order valence-electron chi connectivity index (χ1n) is 10.1. The molecule has 1 aromatic heterocycles. The zero-order valence-electron chi connectivity index (χ0n) is 17.2. The predicted molar refractivity (Wildman–Crippen MR) is 123 cm³/mol. The monoisotopic (exact) mass is 480 g/mol. The lowest BCUT2D eigenvalue weighted by Crippen LogP contribution is -2.50. The van der Waals surface area contributed by atoms with Gasteiger partial charge in [0.05, 0.1) is 5.57 Å². The largest absolute Gasteiger partial charge is 0.384 e. The molecule has 0 radical (unpaired) electrons. The number of rotatable bonds is 4. The summed E-state index contributed by atoms with van der Waals surface area (Å²) in [6.07, 6.45) is 2.94. The second-order valence-electron chi connectivity index (χ2n) is 7.65. The van der Waals surface area contributed by atoms with Crippen molar-refractivity contribution in [2.45, 2.75) is 29.0 Å². The average Bonchev–Trinajstić information content (AvgIpc) is 3.36. The number of ketones is 1. The number of Topliss-reactive ketones (excluding diaryl/α,β-unsaturated/α-hetero) is 1. The number of carbonyl (C=O) groups is 2. The number of anilines is 2. The molecule has 1 unspecified atom stereocenters. The molecule has 3 N–H and O–H groups in total. The van der Waals surface area contributed by atoms with Crippen LogP contribution in [0, 0.1) is 17.1 Å². The van der Waals surface area contributed by atoms with Gasteiger partial charge in [0.15, 0.2) is 10.1 Å². The van der Waals surface area contributed by atoms with Gasteiger partial charge in [0.2, 0.25) is 11.0 Å². The highest BCUT2D eigenvalue weighted by atomic mass is 32.2. The molecule has 2 aliphatic heterocycles. The number of nitriles is 1. The number of allylic oxidation sites excluding steroid dienone is 1. The van der Waals surface area contributed by atoms with Crippen LogP contribution in [-0.2, 0) is 15.0 Å². The van der Waals surface area contributed by atoms with Crippen LogP contribution in [0.5, 0.6) is 0 Å². The molecule has 1 amide bonds. The second-order valence-corrected chi connectivity index (χ2v) is 9.87. The number of benzene rings is 1. The Labute approximate surface area is 196 Å². The van der Waals surface area contributed by atoms with Gasteiger partial charge in [0.1, 0.15) is 23.1 Å². The number of aromatic nitrogens is 2. The maximum Gasteiger partial charge on any atom is 0.245 e. The fraction of sp³-hybridized carbons (Fsp3) is 0.227. The third-order valence-corrected chi connectivity index (χ3v) is 7.94. The molecule has 5 rings (SSSR count). The van der Waals surface area contributed by atoms with Crippen LogP contribution in [0.15, 0.2) is 57.9 Å². The van der Waals surface area contributed by atoms with E-state index in [0.29, 0.717) is 39.5 Å². The molecule has 0 bridgehead atoms. The molecular weight excluding hydrogens is 463 g/mol. The lowest BCUT2D eigenvalue weighted by molar-refractivity contribution is -0.122. The van der Waals surface area contributed by atoms with Crippen LogP contribution in [0.4, 0.5) is 15.2 Å². The molecule has 3 heterocycles. The van der Waals surface area contributed by atoms with Gasteiger partial charge in [-0.05, 0) is 31.0 Å². The van der Waals surface area contributed by atoms with Crippen molar-refractivity contribution in [1.82, 2.24) is 10.2 Å². The zero-order chi connectivity index (χ0) is 23.3. The quantitative estimate of drug-likeness (QED) is 0.504. The second kappa shape index (κ2) is 7.83. The maximum atomic E-state index is 14.3. The van der Waals surface area contributed by atoms with Crippen molar-refractivity contribution < 1.29 is 14.0 Å². The smallest absolute Gasteiger partial charge is 0.245 e. The highest BCUT2D eigenvalue weighted by Crippen LogP contribution is 2.55. The van der Waals surface area contributed by atoms with Crippen LogP contribution < -0.4 is 16.0 Å². The summed E-state index contributed by atoms with van der Waals surface area (Å²) in [5.74, 6) is -0.832. The molecule has 8 nitrogen and oxygen atoms in total. The third kappa shape index (κ3) is 2.94. The summed E-state index contributed by atoms with van der Waals surface area (Å²) in [5.41, 5.74) is 5.79. The fourth-order valence-electron chi connectivity index (χ4n) is 4.66. The van der Waals surface area contributed by atoms with Gasteiger partial charge < -0.3 is 11.1 Å². The van der Waals surface area contributed by atoms with E-state index >= 15 is 0 Å². The highest BCUT2D eigenvalue weighted by molar-refractivity contribution is 8.01. The predicted octanol–water partition coefficient (Wildman–Crippen LogP) is 3.37. The van der Waals surface area contributed by atoms with E-state index in [9.17, 15) is 19.2 Å². The minimum absolute atomic E-state index is 0.0189. The van der Waals surface area contributed by atoms with Crippen molar-refractivity contribution in [2.24, 2.45) is 5.73 Å². The molecule has 1 atom stereocenters. The lowest BCUT2D eigenvalue weighted by Gasteiger charge is -2.42. The number of hydrogen-bond acceptors (Lipinski definition) is 9. The summed E-state index contributed by atoms with van der Waals surface area (Å²) in [5, 5.41) is 21.7. The van der Waals surface area contributed by atoms with Gasteiger partial charge in [0, 0.05) is 34.7 Å². The Hall–Kier alpha value is -3.49. The van der Waals surface area contributed by atoms with Crippen LogP contribution >= 0.6 is 23.1 Å². The number of nitrogens with zero attached hydrogens (tertiary/aromatic N) is 4. The van der Waals surface area contributed by atoms with Gasteiger partial charge in [-0.3, -0.25) is 14.5 Å². The molecule has 33 heavy (non-hydrogen) atoms. The third-order valence-electron chi connectivity index (χ3n) is 5.90. The van der Waals surface area contributed by atoms with Crippen molar-refractivity contribution in [2.75, 3.05) is 16.0 Å². The molecule has 1 aliphatic carbocycles. The Morgan fingerprint density at radius 2 is 2.21 bits per heavy atom. The molecule has 166 valence electrons. The van der Waals surface area contributed by atoms with E-state index in [4.69, 9.17) is 5.73 Å². The molecule has 0 fully saturated rings. The van der Waals surface area contributed by atoms with E-state index in [1.54, 1.807) is 11.0 Å². The summed E-state index contributed by atoms with van der Waals surface area (Å²) in [4.78, 5) is 28.4.